The van der Waals surface area contributed by atoms with Crippen LogP contribution in [0.1, 0.15) is 26.5 Å². The minimum Gasteiger partial charge on any atom is -0.340 e. The molecule has 0 bridgehead atoms. The van der Waals surface area contributed by atoms with E-state index in [0.717, 1.165) is 31.9 Å². The highest BCUT2D eigenvalue weighted by atomic mass is 35.5. The molecule has 1 fully saturated rings. The molecule has 5 nitrogen and oxygen atoms in total. The Labute approximate surface area is 122 Å². The van der Waals surface area contributed by atoms with Gasteiger partial charge in [-0.1, -0.05) is 36.9 Å². The van der Waals surface area contributed by atoms with Gasteiger partial charge in [-0.2, -0.15) is 0 Å². The fraction of sp³-hybridized carbons (Fsp3) is 0.750. The van der Waals surface area contributed by atoms with Gasteiger partial charge in [0.05, 0.1) is 0 Å². The van der Waals surface area contributed by atoms with Gasteiger partial charge in [0, 0.05) is 49.7 Å². The van der Waals surface area contributed by atoms with Crippen LogP contribution in [-0.4, -0.2) is 51.5 Å². The number of amides is 1. The molecule has 0 unspecified atom stereocenters. The number of carbonyl (C=O) groups is 1. The van der Waals surface area contributed by atoms with Crippen molar-refractivity contribution in [2.75, 3.05) is 26.2 Å². The quantitative estimate of drug-likeness (QED) is 0.837. The lowest BCUT2D eigenvalue weighted by Crippen LogP contribution is -2.51. The van der Waals surface area contributed by atoms with Gasteiger partial charge < -0.3 is 4.90 Å². The Hall–Kier alpha value is -0.720. The molecule has 0 radical (unpaired) electrons. The van der Waals surface area contributed by atoms with E-state index in [-0.39, 0.29) is 11.3 Å². The van der Waals surface area contributed by atoms with Crippen molar-refractivity contribution >= 4 is 29.0 Å². The second-order valence-electron chi connectivity index (χ2n) is 5.81. The van der Waals surface area contributed by atoms with E-state index in [1.807, 2.05) is 25.7 Å². The smallest absolute Gasteiger partial charge is 0.228 e. The number of hydrogen-bond acceptors (Lipinski definition) is 5. The monoisotopic (exact) mass is 302 g/mol. The Kier molecular flexibility index (Phi) is 4.43. The fourth-order valence-corrected chi connectivity index (χ4v) is 2.70. The summed E-state index contributed by atoms with van der Waals surface area (Å²) in [6.45, 7) is 9.85. The molecule has 1 amide bonds. The minimum absolute atomic E-state index is 0.223. The fourth-order valence-electron chi connectivity index (χ4n) is 2.09. The Bertz CT molecular complexity index is 449. The first kappa shape index (κ1) is 14.7. The number of piperazine rings is 1. The third kappa shape index (κ3) is 3.64. The average Bonchev–Trinajstić information content (AvgIpc) is 2.74. The van der Waals surface area contributed by atoms with E-state index in [9.17, 15) is 4.79 Å². The van der Waals surface area contributed by atoms with Gasteiger partial charge in [0.15, 0.2) is 0 Å². The lowest BCUT2D eigenvalue weighted by molar-refractivity contribution is -0.141. The minimum atomic E-state index is -0.301. The summed E-state index contributed by atoms with van der Waals surface area (Å²) in [6, 6.07) is 0. The third-order valence-electron chi connectivity index (χ3n) is 3.18. The molecule has 1 aliphatic heterocycles. The molecule has 2 rings (SSSR count). The standard InChI is InChI=1S/C12H19ClN4OS/c1-12(2,3)11(18)17-6-4-16(5-7-17)8-9-10(13)19-15-14-9/h4-8H2,1-3H3. The van der Waals surface area contributed by atoms with Gasteiger partial charge in [0.1, 0.15) is 10.0 Å². The summed E-state index contributed by atoms with van der Waals surface area (Å²) in [5.74, 6) is 0.223. The molecule has 0 N–H and O–H groups in total. The van der Waals surface area contributed by atoms with E-state index in [1.54, 1.807) is 0 Å². The van der Waals surface area contributed by atoms with Gasteiger partial charge >= 0.3 is 0 Å². The molecular weight excluding hydrogens is 284 g/mol. The van der Waals surface area contributed by atoms with Crippen molar-refractivity contribution in [1.82, 2.24) is 19.4 Å². The van der Waals surface area contributed by atoms with E-state index in [2.05, 4.69) is 14.5 Å². The van der Waals surface area contributed by atoms with Gasteiger partial charge in [-0.3, -0.25) is 9.69 Å². The Balaban J connectivity index is 1.86. The predicted molar refractivity (Wildman–Crippen MR) is 76.2 cm³/mol. The highest BCUT2D eigenvalue weighted by Crippen LogP contribution is 2.21. The number of hydrogen-bond donors (Lipinski definition) is 0. The Morgan fingerprint density at radius 2 is 1.95 bits per heavy atom. The number of halogens is 1. The molecule has 7 heteroatoms. The summed E-state index contributed by atoms with van der Waals surface area (Å²) in [5.41, 5.74) is 0.534. The average molecular weight is 303 g/mol. The molecule has 1 saturated heterocycles. The number of aromatic nitrogens is 2. The van der Waals surface area contributed by atoms with Crippen molar-refractivity contribution < 1.29 is 4.79 Å². The van der Waals surface area contributed by atoms with Crippen LogP contribution in [-0.2, 0) is 11.3 Å². The van der Waals surface area contributed by atoms with Crippen LogP contribution in [0.25, 0.3) is 0 Å². The van der Waals surface area contributed by atoms with Crippen LogP contribution in [0.4, 0.5) is 0 Å². The highest BCUT2D eigenvalue weighted by Gasteiger charge is 2.29. The summed E-state index contributed by atoms with van der Waals surface area (Å²) < 4.78 is 4.49. The number of carbonyl (C=O) groups excluding carboxylic acids is 1. The molecule has 0 aromatic carbocycles. The number of rotatable bonds is 2. The third-order valence-corrected chi connectivity index (χ3v) is 4.17. The van der Waals surface area contributed by atoms with E-state index in [0.29, 0.717) is 10.9 Å². The van der Waals surface area contributed by atoms with Crippen LogP contribution in [0.5, 0.6) is 0 Å². The van der Waals surface area contributed by atoms with Crippen molar-refractivity contribution in [2.24, 2.45) is 5.41 Å². The molecule has 0 atom stereocenters. The Morgan fingerprint density at radius 1 is 1.32 bits per heavy atom. The van der Waals surface area contributed by atoms with Gasteiger partial charge in [-0.15, -0.1) is 5.10 Å². The lowest BCUT2D eigenvalue weighted by Gasteiger charge is -2.37. The Morgan fingerprint density at radius 3 is 2.42 bits per heavy atom. The second-order valence-corrected chi connectivity index (χ2v) is 7.17. The van der Waals surface area contributed by atoms with E-state index >= 15 is 0 Å². The van der Waals surface area contributed by atoms with Crippen molar-refractivity contribution in [1.29, 1.82) is 0 Å². The van der Waals surface area contributed by atoms with Gasteiger partial charge in [0.25, 0.3) is 0 Å². The van der Waals surface area contributed by atoms with E-state index < -0.39 is 0 Å². The van der Waals surface area contributed by atoms with Crippen molar-refractivity contribution in [2.45, 2.75) is 27.3 Å². The molecule has 106 valence electrons. The van der Waals surface area contributed by atoms with Crippen molar-refractivity contribution in [3.8, 4) is 0 Å². The van der Waals surface area contributed by atoms with Crippen LogP contribution in [0.15, 0.2) is 0 Å². The highest BCUT2D eigenvalue weighted by molar-refractivity contribution is 7.10. The summed E-state index contributed by atoms with van der Waals surface area (Å²) >= 11 is 7.22. The topological polar surface area (TPSA) is 49.3 Å². The maximum Gasteiger partial charge on any atom is 0.228 e. The predicted octanol–water partition coefficient (Wildman–Crippen LogP) is 1.88. The first-order chi connectivity index (χ1) is 8.88. The summed E-state index contributed by atoms with van der Waals surface area (Å²) in [7, 11) is 0. The van der Waals surface area contributed by atoms with Crippen LogP contribution < -0.4 is 0 Å². The van der Waals surface area contributed by atoms with E-state index in [1.165, 1.54) is 11.5 Å². The molecule has 0 aliphatic carbocycles. The van der Waals surface area contributed by atoms with Gasteiger partial charge in [-0.05, 0) is 0 Å². The zero-order valence-corrected chi connectivity index (χ0v) is 13.1. The van der Waals surface area contributed by atoms with E-state index in [4.69, 9.17) is 11.6 Å². The summed E-state index contributed by atoms with van der Waals surface area (Å²) in [5, 5.41) is 4.02. The molecule has 0 spiro atoms. The maximum atomic E-state index is 12.2. The molecule has 0 saturated carbocycles. The SMILES string of the molecule is CC(C)(C)C(=O)N1CCN(Cc2nnsc2Cl)CC1. The van der Waals surface area contributed by atoms with Crippen molar-refractivity contribution in [3.63, 3.8) is 0 Å². The zero-order chi connectivity index (χ0) is 14.0. The molecule has 1 aromatic heterocycles. The zero-order valence-electron chi connectivity index (χ0n) is 11.5. The van der Waals surface area contributed by atoms with Gasteiger partial charge in [-0.25, -0.2) is 0 Å². The van der Waals surface area contributed by atoms with Crippen LogP contribution in [0.3, 0.4) is 0 Å². The van der Waals surface area contributed by atoms with Gasteiger partial charge in [0.2, 0.25) is 5.91 Å². The lowest BCUT2D eigenvalue weighted by atomic mass is 9.94. The normalized spacial score (nSPS) is 17.8. The molecule has 19 heavy (non-hydrogen) atoms. The second kappa shape index (κ2) is 5.73. The first-order valence-corrected chi connectivity index (χ1v) is 7.51. The van der Waals surface area contributed by atoms with Crippen LogP contribution >= 0.6 is 23.1 Å². The number of nitrogens with zero attached hydrogens (tertiary/aromatic N) is 4. The molecule has 1 aromatic rings. The summed E-state index contributed by atoms with van der Waals surface area (Å²) in [4.78, 5) is 16.4. The maximum absolute atomic E-state index is 12.2. The molecule has 1 aliphatic rings. The largest absolute Gasteiger partial charge is 0.340 e. The van der Waals surface area contributed by atoms with Crippen LogP contribution in [0, 0.1) is 5.41 Å². The summed E-state index contributed by atoms with van der Waals surface area (Å²) in [6.07, 6.45) is 0. The van der Waals surface area contributed by atoms with Crippen LogP contribution in [0.2, 0.25) is 4.34 Å². The molecular formula is C12H19ClN4OS. The molecule has 2 heterocycles. The van der Waals surface area contributed by atoms with Crippen molar-refractivity contribution in [3.05, 3.63) is 10.0 Å². The first-order valence-electron chi connectivity index (χ1n) is 6.36.